The Morgan fingerprint density at radius 2 is 2.07 bits per heavy atom. The maximum Gasteiger partial charge on any atom is 0.134 e. The van der Waals surface area contributed by atoms with Crippen LogP contribution in [-0.2, 0) is 0 Å². The van der Waals surface area contributed by atoms with Crippen molar-refractivity contribution in [2.45, 2.75) is 12.5 Å². The number of nitrogens with two attached hydrogens (primary N) is 1. The summed E-state index contributed by atoms with van der Waals surface area (Å²) in [6.45, 7) is 0.414. The third-order valence-electron chi connectivity index (χ3n) is 2.11. The summed E-state index contributed by atoms with van der Waals surface area (Å²) in [7, 11) is 0. The van der Waals surface area contributed by atoms with Gasteiger partial charge in [-0.2, -0.15) is 0 Å². The topological polar surface area (TPSA) is 35.2 Å². The summed E-state index contributed by atoms with van der Waals surface area (Å²) in [4.78, 5) is 0. The lowest BCUT2D eigenvalue weighted by Crippen LogP contribution is -2.22. The van der Waals surface area contributed by atoms with E-state index in [4.69, 9.17) is 10.5 Å². The summed E-state index contributed by atoms with van der Waals surface area (Å²) in [6.07, 6.45) is 0.565. The van der Waals surface area contributed by atoms with E-state index in [2.05, 4.69) is 0 Å². The molecule has 0 saturated heterocycles. The molecular formula is C9H10ClF2NO. The molecular weight excluding hydrogens is 212 g/mol. The van der Waals surface area contributed by atoms with Crippen LogP contribution in [0.5, 0.6) is 5.75 Å². The Hall–Kier alpha value is -0.870. The Balaban J connectivity index is 0.000000980. The van der Waals surface area contributed by atoms with E-state index in [1.165, 1.54) is 0 Å². The molecule has 0 fully saturated rings. The number of fused-ring (bicyclic) bond motifs is 1. The molecule has 2 rings (SSSR count). The first-order valence-electron chi connectivity index (χ1n) is 4.06. The van der Waals surface area contributed by atoms with Crippen molar-refractivity contribution < 1.29 is 13.5 Å². The standard InChI is InChI=1S/C9H9F2NO.ClH/c10-5-3-6(11)9-7(12)1-2-13-8(9)4-5;/h3-4,7H,1-2,12H2;1H/t7-;/m1./s1. The largest absolute Gasteiger partial charge is 0.493 e. The van der Waals surface area contributed by atoms with Gasteiger partial charge >= 0.3 is 0 Å². The summed E-state index contributed by atoms with van der Waals surface area (Å²) >= 11 is 0. The minimum atomic E-state index is -0.634. The van der Waals surface area contributed by atoms with E-state index in [0.29, 0.717) is 13.0 Å². The molecule has 1 heterocycles. The van der Waals surface area contributed by atoms with Gasteiger partial charge in [0.25, 0.3) is 0 Å². The number of halogens is 3. The highest BCUT2D eigenvalue weighted by atomic mass is 35.5. The number of rotatable bonds is 0. The summed E-state index contributed by atoms with van der Waals surface area (Å²) in [5, 5.41) is 0. The van der Waals surface area contributed by atoms with Crippen LogP contribution in [0.1, 0.15) is 18.0 Å². The van der Waals surface area contributed by atoms with E-state index in [-0.39, 0.29) is 29.8 Å². The minimum absolute atomic E-state index is 0. The second-order valence-electron chi connectivity index (χ2n) is 3.04. The lowest BCUT2D eigenvalue weighted by atomic mass is 10.0. The van der Waals surface area contributed by atoms with E-state index in [1.54, 1.807) is 0 Å². The Bertz CT molecular complexity index is 346. The molecule has 1 atom stereocenters. The quantitative estimate of drug-likeness (QED) is 0.729. The fourth-order valence-electron chi connectivity index (χ4n) is 1.48. The van der Waals surface area contributed by atoms with Gasteiger partial charge in [-0.25, -0.2) is 8.78 Å². The van der Waals surface area contributed by atoms with Crippen LogP contribution < -0.4 is 10.5 Å². The fraction of sp³-hybridized carbons (Fsp3) is 0.333. The van der Waals surface area contributed by atoms with Gasteiger partial charge < -0.3 is 10.5 Å². The summed E-state index contributed by atoms with van der Waals surface area (Å²) in [5.74, 6) is -1.02. The molecule has 1 aliphatic heterocycles. The Labute approximate surface area is 86.5 Å². The van der Waals surface area contributed by atoms with Gasteiger partial charge in [0.2, 0.25) is 0 Å². The minimum Gasteiger partial charge on any atom is -0.493 e. The number of hydrogen-bond donors (Lipinski definition) is 1. The molecule has 0 radical (unpaired) electrons. The van der Waals surface area contributed by atoms with Crippen LogP contribution >= 0.6 is 12.4 Å². The SMILES string of the molecule is Cl.N[C@@H]1CCOc2cc(F)cc(F)c21. The Morgan fingerprint density at radius 1 is 1.36 bits per heavy atom. The van der Waals surface area contributed by atoms with Crippen LogP contribution in [-0.4, -0.2) is 6.61 Å². The van der Waals surface area contributed by atoms with Gasteiger partial charge in [0.05, 0.1) is 6.61 Å². The zero-order valence-corrected chi connectivity index (χ0v) is 8.11. The molecule has 0 aliphatic carbocycles. The maximum atomic E-state index is 13.2. The van der Waals surface area contributed by atoms with Gasteiger partial charge in [0.1, 0.15) is 17.4 Å². The predicted octanol–water partition coefficient (Wildman–Crippen LogP) is 2.17. The fourth-order valence-corrected chi connectivity index (χ4v) is 1.48. The molecule has 0 bridgehead atoms. The van der Waals surface area contributed by atoms with Crippen molar-refractivity contribution in [3.05, 3.63) is 29.3 Å². The predicted molar refractivity (Wildman–Crippen MR) is 50.6 cm³/mol. The van der Waals surface area contributed by atoms with Gasteiger partial charge in [-0.05, 0) is 0 Å². The second-order valence-corrected chi connectivity index (χ2v) is 3.04. The molecule has 0 spiro atoms. The van der Waals surface area contributed by atoms with E-state index >= 15 is 0 Å². The molecule has 0 aromatic heterocycles. The van der Waals surface area contributed by atoms with E-state index < -0.39 is 11.6 Å². The molecule has 1 aliphatic rings. The van der Waals surface area contributed by atoms with Crippen molar-refractivity contribution >= 4 is 12.4 Å². The third-order valence-corrected chi connectivity index (χ3v) is 2.11. The van der Waals surface area contributed by atoms with Gasteiger partial charge in [0.15, 0.2) is 0 Å². The smallest absolute Gasteiger partial charge is 0.134 e. The van der Waals surface area contributed by atoms with Gasteiger partial charge in [-0.15, -0.1) is 12.4 Å². The van der Waals surface area contributed by atoms with Crippen molar-refractivity contribution in [3.8, 4) is 5.75 Å². The van der Waals surface area contributed by atoms with E-state index in [9.17, 15) is 8.78 Å². The lowest BCUT2D eigenvalue weighted by molar-refractivity contribution is 0.262. The van der Waals surface area contributed by atoms with E-state index in [1.807, 2.05) is 0 Å². The van der Waals surface area contributed by atoms with Gasteiger partial charge in [-0.3, -0.25) is 0 Å². The zero-order chi connectivity index (χ0) is 9.42. The Morgan fingerprint density at radius 3 is 2.79 bits per heavy atom. The first-order chi connectivity index (χ1) is 6.18. The highest BCUT2D eigenvalue weighted by Crippen LogP contribution is 2.33. The average Bonchev–Trinajstić information content (AvgIpc) is 2.02. The average molecular weight is 222 g/mol. The summed E-state index contributed by atoms with van der Waals surface area (Å²) in [5.41, 5.74) is 5.94. The van der Waals surface area contributed by atoms with Crippen molar-refractivity contribution in [1.29, 1.82) is 0 Å². The number of benzene rings is 1. The van der Waals surface area contributed by atoms with Gasteiger partial charge in [-0.1, -0.05) is 0 Å². The van der Waals surface area contributed by atoms with Crippen LogP contribution in [0.15, 0.2) is 12.1 Å². The first kappa shape index (κ1) is 11.2. The molecule has 14 heavy (non-hydrogen) atoms. The van der Waals surface area contributed by atoms with Crippen LogP contribution in [0.4, 0.5) is 8.78 Å². The normalized spacial score (nSPS) is 19.2. The van der Waals surface area contributed by atoms with Crippen LogP contribution in [0.2, 0.25) is 0 Å². The third kappa shape index (κ3) is 1.81. The molecule has 1 aromatic carbocycles. The van der Waals surface area contributed by atoms with Crippen molar-refractivity contribution in [2.24, 2.45) is 5.73 Å². The van der Waals surface area contributed by atoms with Crippen LogP contribution in [0.3, 0.4) is 0 Å². The molecule has 0 unspecified atom stereocenters. The molecule has 0 amide bonds. The maximum absolute atomic E-state index is 13.2. The molecule has 2 nitrogen and oxygen atoms in total. The van der Waals surface area contributed by atoms with Crippen LogP contribution in [0, 0.1) is 11.6 Å². The summed E-state index contributed by atoms with van der Waals surface area (Å²) in [6, 6.07) is 1.61. The molecule has 0 saturated carbocycles. The zero-order valence-electron chi connectivity index (χ0n) is 7.30. The summed E-state index contributed by atoms with van der Waals surface area (Å²) < 4.78 is 31.0. The van der Waals surface area contributed by atoms with Crippen LogP contribution in [0.25, 0.3) is 0 Å². The lowest BCUT2D eigenvalue weighted by Gasteiger charge is -2.23. The van der Waals surface area contributed by atoms with E-state index in [0.717, 1.165) is 12.1 Å². The monoisotopic (exact) mass is 221 g/mol. The molecule has 5 heteroatoms. The molecule has 78 valence electrons. The Kier molecular flexibility index (Phi) is 3.29. The van der Waals surface area contributed by atoms with Crippen molar-refractivity contribution in [2.75, 3.05) is 6.61 Å². The number of hydrogen-bond acceptors (Lipinski definition) is 2. The highest BCUT2D eigenvalue weighted by molar-refractivity contribution is 5.85. The molecule has 1 aromatic rings. The first-order valence-corrected chi connectivity index (χ1v) is 4.06. The molecule has 2 N–H and O–H groups in total. The van der Waals surface area contributed by atoms with Gasteiger partial charge in [0, 0.05) is 30.2 Å². The second kappa shape index (κ2) is 4.11. The van der Waals surface area contributed by atoms with Crippen molar-refractivity contribution in [1.82, 2.24) is 0 Å². The number of ether oxygens (including phenoxy) is 1. The highest BCUT2D eigenvalue weighted by Gasteiger charge is 2.22. The van der Waals surface area contributed by atoms with Crippen molar-refractivity contribution in [3.63, 3.8) is 0 Å².